The van der Waals surface area contributed by atoms with Gasteiger partial charge in [0.1, 0.15) is 0 Å². The van der Waals surface area contributed by atoms with Crippen molar-refractivity contribution in [2.75, 3.05) is 13.7 Å². The van der Waals surface area contributed by atoms with E-state index in [1.165, 1.54) is 13.5 Å². The van der Waals surface area contributed by atoms with E-state index in [2.05, 4.69) is 33.0 Å². The molecule has 31 heavy (non-hydrogen) atoms. The van der Waals surface area contributed by atoms with Crippen molar-refractivity contribution in [3.05, 3.63) is 0 Å². The van der Waals surface area contributed by atoms with E-state index in [4.69, 9.17) is 4.74 Å². The lowest BCUT2D eigenvalue weighted by molar-refractivity contribution is -0.174. The zero-order valence-corrected chi connectivity index (χ0v) is 20.3. The van der Waals surface area contributed by atoms with E-state index in [0.717, 1.165) is 45.1 Å². The minimum Gasteiger partial charge on any atom is -0.469 e. The minimum absolute atomic E-state index is 0.00199. The summed E-state index contributed by atoms with van der Waals surface area (Å²) >= 11 is 0. The van der Waals surface area contributed by atoms with Gasteiger partial charge in [0.05, 0.1) is 25.2 Å². The standard InChI is InChI=1S/C26H45NO4/c1-15(2)10-11-27-20-13-26(4)18(8-9-19(26)24(30)31-5)17-7-6-16-12-21(28)22(29)14-25(16,3)23(17)20/h15-23,27-29H,6-14H2,1-5H3/t16?,17-,18-,19?,20?,21?,22?,23-,25-,26-/m0/s1. The molecule has 0 aromatic heterocycles. The molecule has 4 rings (SSSR count). The highest BCUT2D eigenvalue weighted by Crippen LogP contribution is 2.67. The normalized spacial score (nSPS) is 49.3. The molecule has 0 bridgehead atoms. The third-order valence-corrected chi connectivity index (χ3v) is 10.3. The van der Waals surface area contributed by atoms with Crippen LogP contribution >= 0.6 is 0 Å². The maximum atomic E-state index is 12.7. The fourth-order valence-electron chi connectivity index (χ4n) is 8.75. The van der Waals surface area contributed by atoms with E-state index in [9.17, 15) is 15.0 Å². The summed E-state index contributed by atoms with van der Waals surface area (Å²) in [6.45, 7) is 10.3. The molecule has 4 saturated carbocycles. The first-order valence-corrected chi connectivity index (χ1v) is 12.8. The van der Waals surface area contributed by atoms with Crippen molar-refractivity contribution in [1.82, 2.24) is 5.32 Å². The van der Waals surface area contributed by atoms with Gasteiger partial charge in [0.15, 0.2) is 0 Å². The Morgan fingerprint density at radius 1 is 1.06 bits per heavy atom. The molecule has 0 saturated heterocycles. The molecule has 0 aromatic carbocycles. The van der Waals surface area contributed by atoms with Gasteiger partial charge < -0.3 is 20.3 Å². The van der Waals surface area contributed by atoms with Crippen LogP contribution in [0.4, 0.5) is 0 Å². The summed E-state index contributed by atoms with van der Waals surface area (Å²) in [5.74, 6) is 2.73. The van der Waals surface area contributed by atoms with Crippen molar-refractivity contribution < 1.29 is 19.7 Å². The Bertz CT molecular complexity index is 668. The van der Waals surface area contributed by atoms with Gasteiger partial charge in [0, 0.05) is 6.04 Å². The average molecular weight is 436 g/mol. The molecule has 5 nitrogen and oxygen atoms in total. The monoisotopic (exact) mass is 435 g/mol. The first-order valence-electron chi connectivity index (χ1n) is 12.8. The van der Waals surface area contributed by atoms with Crippen LogP contribution in [0.3, 0.4) is 0 Å². The second kappa shape index (κ2) is 8.61. The molecule has 0 radical (unpaired) electrons. The maximum Gasteiger partial charge on any atom is 0.309 e. The number of methoxy groups -OCH3 is 1. The fraction of sp³-hybridized carbons (Fsp3) is 0.962. The molecule has 10 atom stereocenters. The van der Waals surface area contributed by atoms with Crippen LogP contribution in [-0.4, -0.2) is 48.1 Å². The van der Waals surface area contributed by atoms with Crippen LogP contribution in [0, 0.1) is 46.3 Å². The zero-order valence-electron chi connectivity index (χ0n) is 20.3. The first-order chi connectivity index (χ1) is 14.6. The van der Waals surface area contributed by atoms with E-state index < -0.39 is 12.2 Å². The Kier molecular flexibility index (Phi) is 6.53. The fourth-order valence-corrected chi connectivity index (χ4v) is 8.75. The van der Waals surface area contributed by atoms with E-state index in [1.807, 2.05) is 0 Å². The predicted molar refractivity (Wildman–Crippen MR) is 121 cm³/mol. The van der Waals surface area contributed by atoms with Gasteiger partial charge in [-0.1, -0.05) is 27.7 Å². The van der Waals surface area contributed by atoms with Crippen LogP contribution in [0.25, 0.3) is 0 Å². The third kappa shape index (κ3) is 3.87. The molecular weight excluding hydrogens is 390 g/mol. The number of hydrogen-bond donors (Lipinski definition) is 3. The van der Waals surface area contributed by atoms with Crippen molar-refractivity contribution in [3.63, 3.8) is 0 Å². The van der Waals surface area contributed by atoms with Gasteiger partial charge in [-0.2, -0.15) is 0 Å². The number of carbonyl (C=O) groups excluding carboxylic acids is 1. The van der Waals surface area contributed by atoms with Crippen molar-refractivity contribution in [3.8, 4) is 0 Å². The number of nitrogens with one attached hydrogen (secondary N) is 1. The molecule has 5 heteroatoms. The minimum atomic E-state index is -0.615. The molecule has 0 amide bonds. The van der Waals surface area contributed by atoms with Gasteiger partial charge in [-0.05, 0) is 98.3 Å². The quantitative estimate of drug-likeness (QED) is 0.573. The first kappa shape index (κ1) is 23.5. The summed E-state index contributed by atoms with van der Waals surface area (Å²) in [7, 11) is 1.53. The highest BCUT2D eigenvalue weighted by molar-refractivity contribution is 5.74. The molecule has 4 aliphatic carbocycles. The summed E-state index contributed by atoms with van der Waals surface area (Å²) in [5.41, 5.74) is 0.0293. The van der Waals surface area contributed by atoms with E-state index in [1.54, 1.807) is 0 Å². The Balaban J connectivity index is 1.67. The molecule has 0 aromatic rings. The molecule has 5 unspecified atom stereocenters. The predicted octanol–water partition coefficient (Wildman–Crippen LogP) is 3.76. The third-order valence-electron chi connectivity index (χ3n) is 10.3. The van der Waals surface area contributed by atoms with Gasteiger partial charge >= 0.3 is 5.97 Å². The second-order valence-corrected chi connectivity index (χ2v) is 12.3. The number of fused-ring (bicyclic) bond motifs is 5. The number of ether oxygens (including phenoxy) is 1. The number of esters is 1. The van der Waals surface area contributed by atoms with Crippen molar-refractivity contribution >= 4 is 5.97 Å². The maximum absolute atomic E-state index is 12.7. The van der Waals surface area contributed by atoms with Gasteiger partial charge in [0.2, 0.25) is 0 Å². The van der Waals surface area contributed by atoms with Crippen LogP contribution in [0.15, 0.2) is 0 Å². The topological polar surface area (TPSA) is 78.8 Å². The molecule has 0 spiro atoms. The molecule has 0 heterocycles. The summed E-state index contributed by atoms with van der Waals surface area (Å²) in [6, 6.07) is 0.352. The molecule has 4 fully saturated rings. The lowest BCUT2D eigenvalue weighted by Crippen LogP contribution is -2.64. The molecule has 178 valence electrons. The highest BCUT2D eigenvalue weighted by Gasteiger charge is 2.64. The average Bonchev–Trinajstić information content (AvgIpc) is 3.05. The second-order valence-electron chi connectivity index (χ2n) is 12.3. The molecular formula is C26H45NO4. The van der Waals surface area contributed by atoms with Crippen molar-refractivity contribution in [2.24, 2.45) is 46.3 Å². The molecule has 4 aliphatic rings. The lowest BCUT2D eigenvalue weighted by atomic mass is 9.43. The smallest absolute Gasteiger partial charge is 0.309 e. The zero-order chi connectivity index (χ0) is 22.6. The van der Waals surface area contributed by atoms with Crippen molar-refractivity contribution in [1.29, 1.82) is 0 Å². The lowest BCUT2D eigenvalue weighted by Gasteiger charge is -2.63. The van der Waals surface area contributed by atoms with Crippen LogP contribution in [0.1, 0.15) is 79.1 Å². The van der Waals surface area contributed by atoms with Gasteiger partial charge in [-0.3, -0.25) is 4.79 Å². The van der Waals surface area contributed by atoms with Gasteiger partial charge in [-0.15, -0.1) is 0 Å². The number of hydrogen-bond acceptors (Lipinski definition) is 5. The summed E-state index contributed by atoms with van der Waals surface area (Å²) in [5, 5.41) is 25.0. The number of rotatable bonds is 5. The largest absolute Gasteiger partial charge is 0.469 e. The van der Waals surface area contributed by atoms with Gasteiger partial charge in [-0.25, -0.2) is 0 Å². The number of aliphatic hydroxyl groups is 2. The Morgan fingerprint density at radius 2 is 1.81 bits per heavy atom. The highest BCUT2D eigenvalue weighted by atomic mass is 16.5. The molecule has 0 aliphatic heterocycles. The number of carbonyl (C=O) groups is 1. The van der Waals surface area contributed by atoms with Crippen molar-refractivity contribution in [2.45, 2.75) is 97.3 Å². The van der Waals surface area contributed by atoms with Crippen LogP contribution < -0.4 is 5.32 Å². The summed E-state index contributed by atoms with van der Waals surface area (Å²) < 4.78 is 5.24. The SMILES string of the molecule is COC(=O)C1CC[C@H]2[C@@H]3CCC4CC(O)C(O)C[C@]4(C)[C@@H]3C(NCCC(C)C)C[C@]12C. The van der Waals surface area contributed by atoms with Crippen LogP contribution in [0.2, 0.25) is 0 Å². The van der Waals surface area contributed by atoms with E-state index in [-0.39, 0.29) is 22.7 Å². The Hall–Kier alpha value is -0.650. The van der Waals surface area contributed by atoms with E-state index >= 15 is 0 Å². The molecule has 3 N–H and O–H groups in total. The Labute approximate surface area is 188 Å². The number of aliphatic hydroxyl groups excluding tert-OH is 2. The Morgan fingerprint density at radius 3 is 2.48 bits per heavy atom. The van der Waals surface area contributed by atoms with Crippen LogP contribution in [0.5, 0.6) is 0 Å². The summed E-state index contributed by atoms with van der Waals surface area (Å²) in [6.07, 6.45) is 6.77. The van der Waals surface area contributed by atoms with E-state index in [0.29, 0.717) is 42.1 Å². The van der Waals surface area contributed by atoms with Gasteiger partial charge in [0.25, 0.3) is 0 Å². The van der Waals surface area contributed by atoms with Crippen LogP contribution in [-0.2, 0) is 9.53 Å². The summed E-state index contributed by atoms with van der Waals surface area (Å²) in [4.78, 5) is 12.7.